The van der Waals surface area contributed by atoms with Crippen LogP contribution in [0.2, 0.25) is 0 Å². The number of amides is 1. The molecule has 4 rings (SSSR count). The SMILES string of the molecule is CCOc1cc([C@H]2C(=C(O)c3ccc(Br)cc3)C(=O)C(=O)N2CCN2CCOCC2)ccc1O. The van der Waals surface area contributed by atoms with Crippen LogP contribution in [0.15, 0.2) is 52.5 Å². The van der Waals surface area contributed by atoms with Crippen LogP contribution < -0.4 is 4.74 Å². The van der Waals surface area contributed by atoms with Crippen LogP contribution in [0, 0.1) is 0 Å². The van der Waals surface area contributed by atoms with Gasteiger partial charge in [-0.2, -0.15) is 0 Å². The number of carbonyl (C=O) groups excluding carboxylic acids is 2. The van der Waals surface area contributed by atoms with Crippen molar-refractivity contribution in [3.8, 4) is 11.5 Å². The summed E-state index contributed by atoms with van der Waals surface area (Å²) in [5, 5.41) is 21.3. The number of aromatic hydroxyl groups is 1. The lowest BCUT2D eigenvalue weighted by molar-refractivity contribution is -0.140. The van der Waals surface area contributed by atoms with Crippen LogP contribution in [0.3, 0.4) is 0 Å². The summed E-state index contributed by atoms with van der Waals surface area (Å²) >= 11 is 3.37. The van der Waals surface area contributed by atoms with E-state index >= 15 is 0 Å². The molecule has 0 unspecified atom stereocenters. The molecule has 2 fully saturated rings. The second-order valence-corrected chi connectivity index (χ2v) is 9.03. The topological polar surface area (TPSA) is 99.5 Å². The number of morpholine rings is 1. The third-order valence-corrected chi connectivity index (χ3v) is 6.55. The highest BCUT2D eigenvalue weighted by Crippen LogP contribution is 2.41. The van der Waals surface area contributed by atoms with Gasteiger partial charge in [-0.1, -0.05) is 34.1 Å². The molecule has 2 aliphatic heterocycles. The van der Waals surface area contributed by atoms with Gasteiger partial charge in [0.1, 0.15) is 5.76 Å². The standard InChI is InChI=1S/C25H27BrN2O6/c1-2-34-20-15-17(5-8-19(20)29)22-21(23(30)16-3-6-18(26)7-4-16)24(31)25(32)28(22)10-9-27-11-13-33-14-12-27/h3-8,15,22,29-30H,2,9-14H2,1H3/t22-/m0/s1. The molecule has 34 heavy (non-hydrogen) atoms. The largest absolute Gasteiger partial charge is 0.507 e. The molecule has 1 atom stereocenters. The van der Waals surface area contributed by atoms with E-state index < -0.39 is 17.7 Å². The Morgan fingerprint density at radius 2 is 1.82 bits per heavy atom. The molecule has 0 bridgehead atoms. The Balaban J connectivity index is 1.76. The number of carbonyl (C=O) groups is 2. The zero-order chi connectivity index (χ0) is 24.2. The Kier molecular flexibility index (Phi) is 7.55. The molecule has 2 aromatic rings. The monoisotopic (exact) mass is 530 g/mol. The van der Waals surface area contributed by atoms with Gasteiger partial charge >= 0.3 is 0 Å². The zero-order valence-corrected chi connectivity index (χ0v) is 20.5. The maximum atomic E-state index is 13.2. The van der Waals surface area contributed by atoms with E-state index in [1.54, 1.807) is 43.3 Å². The smallest absolute Gasteiger partial charge is 0.295 e. The van der Waals surface area contributed by atoms with Crippen molar-refractivity contribution < 1.29 is 29.3 Å². The number of benzene rings is 2. The van der Waals surface area contributed by atoms with E-state index in [0.29, 0.717) is 44.0 Å². The Morgan fingerprint density at radius 3 is 2.50 bits per heavy atom. The fourth-order valence-electron chi connectivity index (χ4n) is 4.27. The Labute approximate surface area is 206 Å². The third kappa shape index (κ3) is 4.96. The first-order valence-electron chi connectivity index (χ1n) is 11.2. The molecule has 2 aromatic carbocycles. The first-order chi connectivity index (χ1) is 16.4. The lowest BCUT2D eigenvalue weighted by Gasteiger charge is -2.31. The van der Waals surface area contributed by atoms with Crippen molar-refractivity contribution in [2.24, 2.45) is 0 Å². The maximum absolute atomic E-state index is 13.2. The molecule has 2 heterocycles. The number of phenolic OH excluding ortho intramolecular Hbond substituents is 1. The van der Waals surface area contributed by atoms with Gasteiger partial charge in [0, 0.05) is 36.2 Å². The molecule has 9 heteroatoms. The number of hydrogen-bond acceptors (Lipinski definition) is 7. The molecule has 0 aromatic heterocycles. The summed E-state index contributed by atoms with van der Waals surface area (Å²) in [6.45, 7) is 5.77. The number of ketones is 1. The molecular formula is C25H27BrN2O6. The van der Waals surface area contributed by atoms with Crippen LogP contribution in [0.5, 0.6) is 11.5 Å². The fourth-order valence-corrected chi connectivity index (χ4v) is 4.53. The quantitative estimate of drug-likeness (QED) is 0.321. The minimum absolute atomic E-state index is 0.0161. The number of likely N-dealkylation sites (tertiary alicyclic amines) is 1. The van der Waals surface area contributed by atoms with E-state index in [9.17, 15) is 19.8 Å². The van der Waals surface area contributed by atoms with E-state index in [-0.39, 0.29) is 22.8 Å². The second-order valence-electron chi connectivity index (χ2n) is 8.11. The maximum Gasteiger partial charge on any atom is 0.295 e. The van der Waals surface area contributed by atoms with Crippen LogP contribution in [0.4, 0.5) is 0 Å². The predicted molar refractivity (Wildman–Crippen MR) is 130 cm³/mol. The average molecular weight is 531 g/mol. The van der Waals surface area contributed by atoms with Crippen LogP contribution in [0.25, 0.3) is 5.76 Å². The highest BCUT2D eigenvalue weighted by atomic mass is 79.9. The first-order valence-corrected chi connectivity index (χ1v) is 12.0. The van der Waals surface area contributed by atoms with Gasteiger partial charge < -0.3 is 24.6 Å². The van der Waals surface area contributed by atoms with Gasteiger partial charge in [-0.05, 0) is 36.8 Å². The number of halogens is 1. The van der Waals surface area contributed by atoms with Crippen molar-refractivity contribution in [2.45, 2.75) is 13.0 Å². The molecule has 0 aliphatic carbocycles. The predicted octanol–water partition coefficient (Wildman–Crippen LogP) is 3.31. The number of Topliss-reactive ketones (excluding diaryl/α,β-unsaturated/α-hetero) is 1. The summed E-state index contributed by atoms with van der Waals surface area (Å²) < 4.78 is 11.8. The molecule has 2 N–H and O–H groups in total. The number of aliphatic hydroxyl groups excluding tert-OH is 1. The number of rotatable bonds is 7. The van der Waals surface area contributed by atoms with Gasteiger partial charge in [-0.15, -0.1) is 0 Å². The van der Waals surface area contributed by atoms with Crippen molar-refractivity contribution in [2.75, 3.05) is 46.0 Å². The number of ether oxygens (including phenoxy) is 2. The normalized spacial score (nSPS) is 20.6. The van der Waals surface area contributed by atoms with E-state index in [1.807, 2.05) is 0 Å². The molecule has 1 amide bonds. The number of phenols is 1. The van der Waals surface area contributed by atoms with E-state index in [4.69, 9.17) is 9.47 Å². The van der Waals surface area contributed by atoms with Crippen molar-refractivity contribution >= 4 is 33.4 Å². The highest BCUT2D eigenvalue weighted by molar-refractivity contribution is 9.10. The molecule has 0 spiro atoms. The lowest BCUT2D eigenvalue weighted by atomic mass is 9.95. The van der Waals surface area contributed by atoms with Crippen molar-refractivity contribution in [3.63, 3.8) is 0 Å². The average Bonchev–Trinajstić information content (AvgIpc) is 3.10. The molecule has 180 valence electrons. The summed E-state index contributed by atoms with van der Waals surface area (Å²) in [6.07, 6.45) is 0. The molecule has 0 saturated carbocycles. The first kappa shape index (κ1) is 24.3. The van der Waals surface area contributed by atoms with Gasteiger partial charge in [0.25, 0.3) is 11.7 Å². The van der Waals surface area contributed by atoms with E-state index in [0.717, 1.165) is 17.6 Å². The van der Waals surface area contributed by atoms with Crippen LogP contribution >= 0.6 is 15.9 Å². The molecular weight excluding hydrogens is 504 g/mol. The van der Waals surface area contributed by atoms with Crippen LogP contribution in [-0.2, 0) is 14.3 Å². The highest BCUT2D eigenvalue weighted by Gasteiger charge is 2.46. The summed E-state index contributed by atoms with van der Waals surface area (Å²) in [4.78, 5) is 30.0. The molecule has 0 radical (unpaired) electrons. The molecule has 2 saturated heterocycles. The van der Waals surface area contributed by atoms with E-state index in [1.165, 1.54) is 11.0 Å². The van der Waals surface area contributed by atoms with Crippen molar-refractivity contribution in [1.82, 2.24) is 9.80 Å². The van der Waals surface area contributed by atoms with Gasteiger partial charge in [-0.25, -0.2) is 0 Å². The van der Waals surface area contributed by atoms with Gasteiger partial charge in [0.05, 0.1) is 31.4 Å². The Bertz CT molecular complexity index is 1100. The Hall–Kier alpha value is -2.88. The fraction of sp³-hybridized carbons (Fsp3) is 0.360. The minimum Gasteiger partial charge on any atom is -0.507 e. The van der Waals surface area contributed by atoms with Crippen LogP contribution in [-0.4, -0.2) is 77.7 Å². The minimum atomic E-state index is -0.815. The molecule has 8 nitrogen and oxygen atoms in total. The van der Waals surface area contributed by atoms with Gasteiger partial charge in [0.2, 0.25) is 0 Å². The number of aliphatic hydroxyl groups is 1. The van der Waals surface area contributed by atoms with E-state index in [2.05, 4.69) is 20.8 Å². The number of hydrogen-bond donors (Lipinski definition) is 2. The van der Waals surface area contributed by atoms with Crippen molar-refractivity contribution in [1.29, 1.82) is 0 Å². The lowest BCUT2D eigenvalue weighted by Crippen LogP contribution is -2.42. The Morgan fingerprint density at radius 1 is 1.12 bits per heavy atom. The summed E-state index contributed by atoms with van der Waals surface area (Å²) in [7, 11) is 0. The summed E-state index contributed by atoms with van der Waals surface area (Å²) in [5.41, 5.74) is 1.02. The second kappa shape index (κ2) is 10.6. The summed E-state index contributed by atoms with van der Waals surface area (Å²) in [6, 6.07) is 10.8. The number of nitrogens with zero attached hydrogens (tertiary/aromatic N) is 2. The molecule has 2 aliphatic rings. The summed E-state index contributed by atoms with van der Waals surface area (Å²) in [5.74, 6) is -1.43. The van der Waals surface area contributed by atoms with Gasteiger partial charge in [-0.3, -0.25) is 14.5 Å². The third-order valence-electron chi connectivity index (χ3n) is 6.02. The zero-order valence-electron chi connectivity index (χ0n) is 18.9. The van der Waals surface area contributed by atoms with Gasteiger partial charge in [0.15, 0.2) is 11.5 Å². The van der Waals surface area contributed by atoms with Crippen LogP contribution in [0.1, 0.15) is 24.1 Å². The van der Waals surface area contributed by atoms with Crippen molar-refractivity contribution in [3.05, 3.63) is 63.6 Å².